The van der Waals surface area contributed by atoms with Crippen LogP contribution in [0.25, 0.3) is 0 Å². The van der Waals surface area contributed by atoms with Gasteiger partial charge in [0.25, 0.3) is 0 Å². The highest BCUT2D eigenvalue weighted by molar-refractivity contribution is 5.12. The molecule has 4 atom stereocenters. The Balaban J connectivity index is 2.81. The van der Waals surface area contributed by atoms with E-state index >= 15 is 0 Å². The summed E-state index contributed by atoms with van der Waals surface area (Å²) in [6, 6.07) is 0. The van der Waals surface area contributed by atoms with Gasteiger partial charge in [0.1, 0.15) is 0 Å². The fraction of sp³-hybridized carbons (Fsp3) is 0.733. The average molecular weight is 222 g/mol. The summed E-state index contributed by atoms with van der Waals surface area (Å²) in [5, 5.41) is 9.26. The van der Waals surface area contributed by atoms with Crippen molar-refractivity contribution >= 4 is 0 Å². The number of hydrogen-bond acceptors (Lipinski definition) is 1. The molecule has 0 heterocycles. The van der Waals surface area contributed by atoms with Crippen molar-refractivity contribution in [3.8, 4) is 0 Å². The molecule has 0 bridgehead atoms. The lowest BCUT2D eigenvalue weighted by molar-refractivity contribution is 0.0922. The normalized spacial score (nSPS) is 36.8. The fourth-order valence-corrected chi connectivity index (χ4v) is 3.03. The quantitative estimate of drug-likeness (QED) is 0.717. The fourth-order valence-electron chi connectivity index (χ4n) is 3.03. The van der Waals surface area contributed by atoms with E-state index in [4.69, 9.17) is 0 Å². The maximum absolute atomic E-state index is 9.26. The Morgan fingerprint density at radius 2 is 2.25 bits per heavy atom. The molecular weight excluding hydrogens is 196 g/mol. The van der Waals surface area contributed by atoms with Gasteiger partial charge in [-0.25, -0.2) is 0 Å². The molecule has 4 unspecified atom stereocenters. The van der Waals surface area contributed by atoms with Crippen LogP contribution in [0.3, 0.4) is 0 Å². The Hall–Kier alpha value is -0.560. The summed E-state index contributed by atoms with van der Waals surface area (Å²) in [5.41, 5.74) is 1.47. The zero-order valence-corrected chi connectivity index (χ0v) is 11.0. The lowest BCUT2D eigenvalue weighted by Crippen LogP contribution is -2.35. The standard InChI is InChI=1S/C15H26O/c1-6-15(5)8-7-13(12(4)10-16)9-14(15)11(2)3/h6,12-14,16H,1-2,7-10H2,3-5H3. The number of allylic oxidation sites excluding steroid dienone is 2. The number of aliphatic hydroxyl groups is 1. The van der Waals surface area contributed by atoms with Crippen LogP contribution in [0.1, 0.15) is 40.0 Å². The second-order valence-corrected chi connectivity index (χ2v) is 5.80. The second kappa shape index (κ2) is 5.18. The molecule has 1 aliphatic rings. The molecule has 0 spiro atoms. The highest BCUT2D eigenvalue weighted by atomic mass is 16.3. The van der Waals surface area contributed by atoms with E-state index in [9.17, 15) is 5.11 Å². The zero-order chi connectivity index (χ0) is 12.3. The van der Waals surface area contributed by atoms with E-state index in [0.717, 1.165) is 6.42 Å². The maximum Gasteiger partial charge on any atom is 0.0459 e. The summed E-state index contributed by atoms with van der Waals surface area (Å²) in [6.45, 7) is 15.0. The summed E-state index contributed by atoms with van der Waals surface area (Å²) in [4.78, 5) is 0. The van der Waals surface area contributed by atoms with Gasteiger partial charge in [-0.15, -0.1) is 6.58 Å². The third-order valence-electron chi connectivity index (χ3n) is 4.54. The van der Waals surface area contributed by atoms with Crippen LogP contribution in [0.4, 0.5) is 0 Å². The van der Waals surface area contributed by atoms with Gasteiger partial charge in [0, 0.05) is 6.61 Å². The van der Waals surface area contributed by atoms with Crippen LogP contribution in [-0.4, -0.2) is 11.7 Å². The molecule has 0 amide bonds. The molecule has 1 fully saturated rings. The summed E-state index contributed by atoms with van der Waals surface area (Å²) < 4.78 is 0. The van der Waals surface area contributed by atoms with E-state index in [0.29, 0.717) is 24.4 Å². The smallest absolute Gasteiger partial charge is 0.0459 e. The van der Waals surface area contributed by atoms with Gasteiger partial charge in [0.05, 0.1) is 0 Å². The first kappa shape index (κ1) is 13.5. The predicted molar refractivity (Wildman–Crippen MR) is 70.2 cm³/mol. The molecule has 0 aromatic rings. The van der Waals surface area contributed by atoms with Crippen molar-refractivity contribution in [2.24, 2.45) is 23.2 Å². The highest BCUT2D eigenvalue weighted by Crippen LogP contribution is 2.48. The highest BCUT2D eigenvalue weighted by Gasteiger charge is 2.39. The van der Waals surface area contributed by atoms with E-state index < -0.39 is 0 Å². The van der Waals surface area contributed by atoms with Crippen LogP contribution in [0, 0.1) is 23.2 Å². The average Bonchev–Trinajstić information content (AvgIpc) is 2.28. The first-order valence-corrected chi connectivity index (χ1v) is 6.34. The third kappa shape index (κ3) is 2.57. The van der Waals surface area contributed by atoms with Gasteiger partial charge < -0.3 is 5.11 Å². The molecule has 92 valence electrons. The van der Waals surface area contributed by atoms with Gasteiger partial charge >= 0.3 is 0 Å². The van der Waals surface area contributed by atoms with Gasteiger partial charge in [-0.2, -0.15) is 0 Å². The molecule has 16 heavy (non-hydrogen) atoms. The van der Waals surface area contributed by atoms with Gasteiger partial charge in [0.2, 0.25) is 0 Å². The van der Waals surface area contributed by atoms with Crippen molar-refractivity contribution < 1.29 is 5.11 Å². The van der Waals surface area contributed by atoms with Crippen molar-refractivity contribution in [1.82, 2.24) is 0 Å². The van der Waals surface area contributed by atoms with Crippen molar-refractivity contribution in [1.29, 1.82) is 0 Å². The molecule has 0 aromatic heterocycles. The summed E-state index contributed by atoms with van der Waals surface area (Å²) in [6.07, 6.45) is 5.63. The predicted octanol–water partition coefficient (Wildman–Crippen LogP) is 3.80. The molecular formula is C15H26O. The molecule has 1 rings (SSSR count). The summed E-state index contributed by atoms with van der Waals surface area (Å²) in [5.74, 6) is 1.58. The number of aliphatic hydroxyl groups excluding tert-OH is 1. The van der Waals surface area contributed by atoms with Crippen LogP contribution in [-0.2, 0) is 0 Å². The Morgan fingerprint density at radius 1 is 1.62 bits per heavy atom. The minimum Gasteiger partial charge on any atom is -0.396 e. The van der Waals surface area contributed by atoms with Gasteiger partial charge in [0.15, 0.2) is 0 Å². The first-order valence-electron chi connectivity index (χ1n) is 6.34. The van der Waals surface area contributed by atoms with E-state index in [1.165, 1.54) is 18.4 Å². The minimum absolute atomic E-state index is 0.206. The molecule has 1 heteroatoms. The van der Waals surface area contributed by atoms with Crippen LogP contribution >= 0.6 is 0 Å². The Bertz CT molecular complexity index is 269. The van der Waals surface area contributed by atoms with Crippen molar-refractivity contribution in [3.63, 3.8) is 0 Å². The molecule has 0 aliphatic heterocycles. The summed E-state index contributed by atoms with van der Waals surface area (Å²) in [7, 11) is 0. The molecule has 1 nitrogen and oxygen atoms in total. The Morgan fingerprint density at radius 3 is 2.69 bits per heavy atom. The van der Waals surface area contributed by atoms with Crippen molar-refractivity contribution in [2.45, 2.75) is 40.0 Å². The largest absolute Gasteiger partial charge is 0.396 e. The van der Waals surface area contributed by atoms with Crippen molar-refractivity contribution in [2.75, 3.05) is 6.61 Å². The van der Waals surface area contributed by atoms with Gasteiger partial charge in [-0.3, -0.25) is 0 Å². The Kier molecular flexibility index (Phi) is 4.37. The number of rotatable bonds is 4. The van der Waals surface area contributed by atoms with Gasteiger partial charge in [-0.05, 0) is 49.4 Å². The van der Waals surface area contributed by atoms with E-state index in [1.807, 2.05) is 0 Å². The molecule has 1 saturated carbocycles. The van der Waals surface area contributed by atoms with Gasteiger partial charge in [-0.1, -0.05) is 32.1 Å². The van der Waals surface area contributed by atoms with Crippen LogP contribution in [0.15, 0.2) is 24.8 Å². The molecule has 1 N–H and O–H groups in total. The summed E-state index contributed by atoms with van der Waals surface area (Å²) >= 11 is 0. The molecule has 0 aromatic carbocycles. The van der Waals surface area contributed by atoms with E-state index in [2.05, 4.69) is 40.0 Å². The first-order chi connectivity index (χ1) is 7.44. The maximum atomic E-state index is 9.26. The van der Waals surface area contributed by atoms with Crippen LogP contribution in [0.5, 0.6) is 0 Å². The SMILES string of the molecule is C=CC1(C)CCC(C(C)CO)CC1C(=C)C. The topological polar surface area (TPSA) is 20.2 Å². The monoisotopic (exact) mass is 222 g/mol. The second-order valence-electron chi connectivity index (χ2n) is 5.80. The van der Waals surface area contributed by atoms with Crippen LogP contribution < -0.4 is 0 Å². The van der Waals surface area contributed by atoms with Crippen LogP contribution in [0.2, 0.25) is 0 Å². The minimum atomic E-state index is 0.206. The lowest BCUT2D eigenvalue weighted by atomic mass is 9.60. The van der Waals surface area contributed by atoms with E-state index in [1.54, 1.807) is 0 Å². The third-order valence-corrected chi connectivity index (χ3v) is 4.54. The van der Waals surface area contributed by atoms with Crippen molar-refractivity contribution in [3.05, 3.63) is 24.8 Å². The molecule has 0 radical (unpaired) electrons. The zero-order valence-electron chi connectivity index (χ0n) is 11.0. The Labute approximate surface area is 100 Å². The number of hydrogen-bond donors (Lipinski definition) is 1. The molecule has 0 saturated heterocycles. The molecule has 1 aliphatic carbocycles. The lowest BCUT2D eigenvalue weighted by Gasteiger charge is -2.44. The van der Waals surface area contributed by atoms with E-state index in [-0.39, 0.29) is 5.41 Å².